The van der Waals surface area contributed by atoms with Crippen LogP contribution in [0, 0.1) is 0 Å². The molecule has 96 valence electrons. The van der Waals surface area contributed by atoms with Gasteiger partial charge >= 0.3 is 0 Å². The Kier molecular flexibility index (Phi) is 3.86. The molecule has 1 unspecified atom stereocenters. The van der Waals surface area contributed by atoms with Crippen molar-refractivity contribution < 1.29 is 12.8 Å². The van der Waals surface area contributed by atoms with Gasteiger partial charge in [-0.2, -0.15) is 0 Å². The predicted octanol–water partition coefficient (Wildman–Crippen LogP) is 0.793. The number of furan rings is 1. The van der Waals surface area contributed by atoms with Gasteiger partial charge in [0.1, 0.15) is 0 Å². The lowest BCUT2D eigenvalue weighted by Gasteiger charge is -2.19. The van der Waals surface area contributed by atoms with Crippen LogP contribution in [0.3, 0.4) is 0 Å². The predicted molar refractivity (Wildman–Crippen MR) is 65.0 cm³/mol. The van der Waals surface area contributed by atoms with E-state index in [2.05, 4.69) is 5.32 Å². The van der Waals surface area contributed by atoms with Gasteiger partial charge in [-0.3, -0.25) is 0 Å². The summed E-state index contributed by atoms with van der Waals surface area (Å²) in [5, 5.41) is 3.20. The molecule has 0 aromatic carbocycles. The van der Waals surface area contributed by atoms with Crippen LogP contribution in [0.4, 0.5) is 0 Å². The average molecular weight is 258 g/mol. The summed E-state index contributed by atoms with van der Waals surface area (Å²) in [5.74, 6) is 0.182. The van der Waals surface area contributed by atoms with Crippen LogP contribution in [-0.4, -0.2) is 38.1 Å². The highest BCUT2D eigenvalue weighted by Crippen LogP contribution is 2.12. The Morgan fingerprint density at radius 3 is 3.00 bits per heavy atom. The molecule has 6 heteroatoms. The van der Waals surface area contributed by atoms with E-state index in [4.69, 9.17) is 4.42 Å². The third kappa shape index (κ3) is 3.31. The van der Waals surface area contributed by atoms with Gasteiger partial charge < -0.3 is 9.73 Å². The van der Waals surface area contributed by atoms with Gasteiger partial charge in [-0.15, -0.1) is 0 Å². The summed E-state index contributed by atoms with van der Waals surface area (Å²) in [5.41, 5.74) is 0.871. The van der Waals surface area contributed by atoms with E-state index < -0.39 is 10.0 Å². The second-order valence-corrected chi connectivity index (χ2v) is 6.58. The third-order valence-corrected chi connectivity index (χ3v) is 4.94. The first-order valence-electron chi connectivity index (χ1n) is 5.76. The van der Waals surface area contributed by atoms with Gasteiger partial charge in [0.2, 0.25) is 10.0 Å². The van der Waals surface area contributed by atoms with E-state index in [1.807, 2.05) is 0 Å². The van der Waals surface area contributed by atoms with Crippen molar-refractivity contribution in [3.05, 3.63) is 24.2 Å². The summed E-state index contributed by atoms with van der Waals surface area (Å²) in [6, 6.07) is 1.88. The molecule has 0 saturated carbocycles. The van der Waals surface area contributed by atoms with E-state index in [0.29, 0.717) is 6.54 Å². The van der Waals surface area contributed by atoms with Crippen molar-refractivity contribution in [1.29, 1.82) is 0 Å². The quantitative estimate of drug-likeness (QED) is 0.848. The van der Waals surface area contributed by atoms with Gasteiger partial charge in [-0.05, 0) is 25.5 Å². The van der Waals surface area contributed by atoms with Crippen molar-refractivity contribution in [2.45, 2.75) is 25.4 Å². The molecule has 1 aliphatic rings. The molecule has 2 heterocycles. The van der Waals surface area contributed by atoms with Crippen molar-refractivity contribution in [2.24, 2.45) is 0 Å². The Hall–Kier alpha value is -0.850. The zero-order chi connectivity index (χ0) is 12.3. The largest absolute Gasteiger partial charge is 0.472 e. The first-order valence-corrected chi connectivity index (χ1v) is 7.37. The maximum Gasteiger partial charge on any atom is 0.215 e. The fraction of sp³-hybridized carbons (Fsp3) is 0.636. The van der Waals surface area contributed by atoms with E-state index >= 15 is 0 Å². The van der Waals surface area contributed by atoms with Crippen LogP contribution in [0.25, 0.3) is 0 Å². The van der Waals surface area contributed by atoms with E-state index in [1.165, 1.54) is 4.31 Å². The highest BCUT2D eigenvalue weighted by molar-refractivity contribution is 7.89. The van der Waals surface area contributed by atoms with Crippen LogP contribution in [-0.2, 0) is 16.6 Å². The minimum Gasteiger partial charge on any atom is -0.472 e. The molecule has 1 aromatic rings. The first-order chi connectivity index (χ1) is 8.08. The molecule has 1 aromatic heterocycles. The minimum atomic E-state index is -3.19. The number of nitrogens with one attached hydrogen (secondary N) is 1. The Balaban J connectivity index is 1.94. The highest BCUT2D eigenvalue weighted by Gasteiger charge is 2.25. The summed E-state index contributed by atoms with van der Waals surface area (Å²) >= 11 is 0. The van der Waals surface area contributed by atoms with Gasteiger partial charge in [-0.25, -0.2) is 12.7 Å². The van der Waals surface area contributed by atoms with Crippen LogP contribution in [0.2, 0.25) is 0 Å². The fourth-order valence-corrected chi connectivity index (χ4v) is 3.41. The summed E-state index contributed by atoms with van der Waals surface area (Å²) in [6.45, 7) is 1.29. The fourth-order valence-electron chi connectivity index (χ4n) is 2.02. The number of hydrogen-bond donors (Lipinski definition) is 1. The number of sulfonamides is 1. The number of rotatable bonds is 5. The van der Waals surface area contributed by atoms with Crippen molar-refractivity contribution in [3.63, 3.8) is 0 Å². The third-order valence-electron chi connectivity index (χ3n) is 3.03. The highest BCUT2D eigenvalue weighted by atomic mass is 32.2. The Bertz CT molecular complexity index is 435. The van der Waals surface area contributed by atoms with Gasteiger partial charge in [0.15, 0.2) is 0 Å². The van der Waals surface area contributed by atoms with Crippen molar-refractivity contribution >= 4 is 10.0 Å². The van der Waals surface area contributed by atoms with E-state index in [1.54, 1.807) is 25.6 Å². The Labute approximate surface area is 102 Å². The molecule has 0 amide bonds. The van der Waals surface area contributed by atoms with Crippen LogP contribution >= 0.6 is 0 Å². The number of nitrogens with zero attached hydrogens (tertiary/aromatic N) is 1. The monoisotopic (exact) mass is 258 g/mol. The summed E-state index contributed by atoms with van der Waals surface area (Å²) < 4.78 is 30.5. The topological polar surface area (TPSA) is 62.6 Å². The molecule has 0 spiro atoms. The summed E-state index contributed by atoms with van der Waals surface area (Å²) in [6.07, 6.45) is 5.12. The lowest BCUT2D eigenvalue weighted by atomic mass is 10.3. The van der Waals surface area contributed by atoms with Gasteiger partial charge in [0, 0.05) is 25.2 Å². The molecule has 17 heavy (non-hydrogen) atoms. The van der Waals surface area contributed by atoms with Crippen molar-refractivity contribution in [2.75, 3.05) is 19.3 Å². The molecule has 1 saturated heterocycles. The van der Waals surface area contributed by atoms with Crippen LogP contribution in [0.15, 0.2) is 23.0 Å². The van der Waals surface area contributed by atoms with Gasteiger partial charge in [-0.1, -0.05) is 0 Å². The minimum absolute atomic E-state index is 0.104. The maximum atomic E-state index is 12.1. The lowest BCUT2D eigenvalue weighted by molar-refractivity contribution is 0.456. The maximum absolute atomic E-state index is 12.1. The Morgan fingerprint density at radius 1 is 1.59 bits per heavy atom. The smallest absolute Gasteiger partial charge is 0.215 e. The van der Waals surface area contributed by atoms with E-state index in [-0.39, 0.29) is 11.8 Å². The van der Waals surface area contributed by atoms with Crippen LogP contribution in [0.1, 0.15) is 18.4 Å². The SMILES string of the molecule is CN(Cc1ccoc1)S(=O)(=O)CC1CCCN1. The molecule has 2 rings (SSSR count). The van der Waals surface area contributed by atoms with Gasteiger partial charge in [0.05, 0.1) is 18.3 Å². The molecule has 1 atom stereocenters. The second kappa shape index (κ2) is 5.20. The molecule has 1 N–H and O–H groups in total. The van der Waals surface area contributed by atoms with Crippen molar-refractivity contribution in [1.82, 2.24) is 9.62 Å². The molecular formula is C11H18N2O3S. The number of hydrogen-bond acceptors (Lipinski definition) is 4. The second-order valence-electron chi connectivity index (χ2n) is 4.46. The molecule has 0 aliphatic carbocycles. The molecular weight excluding hydrogens is 240 g/mol. The van der Waals surface area contributed by atoms with Crippen molar-refractivity contribution in [3.8, 4) is 0 Å². The molecule has 1 aliphatic heterocycles. The average Bonchev–Trinajstić information content (AvgIpc) is 2.90. The molecule has 1 fully saturated rings. The van der Waals surface area contributed by atoms with E-state index in [0.717, 1.165) is 24.9 Å². The zero-order valence-corrected chi connectivity index (χ0v) is 10.7. The summed E-state index contributed by atoms with van der Waals surface area (Å²) in [4.78, 5) is 0. The standard InChI is InChI=1S/C11H18N2O3S/c1-13(7-10-4-6-16-8-10)17(14,15)9-11-3-2-5-12-11/h4,6,8,11-12H,2-3,5,7,9H2,1H3. The first kappa shape index (κ1) is 12.6. The zero-order valence-electron chi connectivity index (χ0n) is 9.93. The van der Waals surface area contributed by atoms with Crippen LogP contribution < -0.4 is 5.32 Å². The normalized spacial score (nSPS) is 21.2. The molecule has 0 bridgehead atoms. The van der Waals surface area contributed by atoms with Gasteiger partial charge in [0.25, 0.3) is 0 Å². The Morgan fingerprint density at radius 2 is 2.41 bits per heavy atom. The lowest BCUT2D eigenvalue weighted by Crippen LogP contribution is -2.37. The molecule has 0 radical (unpaired) electrons. The van der Waals surface area contributed by atoms with Crippen LogP contribution in [0.5, 0.6) is 0 Å². The van der Waals surface area contributed by atoms with E-state index in [9.17, 15) is 8.42 Å². The summed E-state index contributed by atoms with van der Waals surface area (Å²) in [7, 11) is -1.58. The molecule has 5 nitrogen and oxygen atoms in total.